The van der Waals surface area contributed by atoms with Crippen molar-refractivity contribution in [2.24, 2.45) is 0 Å². The number of hydrogen-bond acceptors (Lipinski definition) is 5. The van der Waals surface area contributed by atoms with Crippen LogP contribution >= 0.6 is 0 Å². The molecule has 0 spiro atoms. The van der Waals surface area contributed by atoms with Crippen LogP contribution in [0.15, 0.2) is 0 Å². The van der Waals surface area contributed by atoms with Gasteiger partial charge in [0.1, 0.15) is 5.60 Å². The fraction of sp³-hybridized carbons (Fsp3) is 0.875. The second-order valence-electron chi connectivity index (χ2n) is 7.94. The first kappa shape index (κ1) is 18.0. The van der Waals surface area contributed by atoms with Crippen molar-refractivity contribution in [3.63, 3.8) is 0 Å². The van der Waals surface area contributed by atoms with Gasteiger partial charge in [-0.05, 0) is 34.7 Å². The molecule has 0 radical (unpaired) electrons. The molecule has 2 saturated heterocycles. The Bertz CT molecular complexity index is 468. The number of carboxylic acid groups (broad SMARTS) is 1. The molecule has 0 saturated carbocycles. The lowest BCUT2D eigenvalue weighted by Crippen LogP contribution is -2.75. The molecule has 23 heavy (non-hydrogen) atoms. The first-order valence-electron chi connectivity index (χ1n) is 8.17. The summed E-state index contributed by atoms with van der Waals surface area (Å²) in [6.45, 7) is 11.1. The summed E-state index contributed by atoms with van der Waals surface area (Å²) in [5.41, 5.74) is -1.01. The van der Waals surface area contributed by atoms with Crippen LogP contribution in [0, 0.1) is 0 Å². The Labute approximate surface area is 138 Å². The molecule has 7 heteroatoms. The van der Waals surface area contributed by atoms with Gasteiger partial charge in [0.15, 0.2) is 0 Å². The van der Waals surface area contributed by atoms with Gasteiger partial charge in [0.2, 0.25) is 0 Å². The van der Waals surface area contributed by atoms with E-state index >= 15 is 0 Å². The molecule has 0 aromatic carbocycles. The van der Waals surface area contributed by atoms with Crippen molar-refractivity contribution in [1.82, 2.24) is 14.7 Å². The van der Waals surface area contributed by atoms with Crippen LogP contribution in [0.1, 0.15) is 34.1 Å². The first-order valence-corrected chi connectivity index (χ1v) is 8.17. The molecule has 2 fully saturated rings. The maximum absolute atomic E-state index is 12.2. The molecule has 2 aliphatic rings. The SMILES string of the molecule is CC1CN(C)CCN1C1(CC(=O)O)CN(C(=O)OC(C)(C)C)C1. The summed E-state index contributed by atoms with van der Waals surface area (Å²) in [6, 6.07) is 0.272. The number of carboxylic acids is 1. The average molecular weight is 327 g/mol. The van der Waals surface area contributed by atoms with Gasteiger partial charge in [0, 0.05) is 38.8 Å². The van der Waals surface area contributed by atoms with E-state index in [1.807, 2.05) is 20.8 Å². The number of ether oxygens (including phenoxy) is 1. The van der Waals surface area contributed by atoms with Crippen molar-refractivity contribution in [2.45, 2.75) is 51.3 Å². The predicted octanol–water partition coefficient (Wildman–Crippen LogP) is 1.09. The molecule has 0 aromatic rings. The van der Waals surface area contributed by atoms with Crippen LogP contribution in [0.2, 0.25) is 0 Å². The first-order chi connectivity index (χ1) is 10.5. The van der Waals surface area contributed by atoms with Crippen LogP contribution in [-0.4, -0.2) is 88.8 Å². The molecule has 0 aromatic heterocycles. The molecule has 0 aliphatic carbocycles. The zero-order valence-corrected chi connectivity index (χ0v) is 14.8. The minimum atomic E-state index is -0.819. The van der Waals surface area contributed by atoms with Crippen LogP contribution in [0.25, 0.3) is 0 Å². The van der Waals surface area contributed by atoms with E-state index in [4.69, 9.17) is 4.74 Å². The highest BCUT2D eigenvalue weighted by molar-refractivity contribution is 5.73. The van der Waals surface area contributed by atoms with Crippen LogP contribution in [-0.2, 0) is 9.53 Å². The lowest BCUT2D eigenvalue weighted by atomic mass is 9.82. The number of amides is 1. The number of hydrogen-bond donors (Lipinski definition) is 1. The summed E-state index contributed by atoms with van der Waals surface area (Å²) < 4.78 is 5.38. The lowest BCUT2D eigenvalue weighted by molar-refractivity contribution is -0.149. The lowest BCUT2D eigenvalue weighted by Gasteiger charge is -2.58. The molecule has 2 rings (SSSR count). The summed E-state index contributed by atoms with van der Waals surface area (Å²) in [4.78, 5) is 29.6. The molecular weight excluding hydrogens is 298 g/mol. The van der Waals surface area contributed by atoms with Gasteiger partial charge in [0.25, 0.3) is 0 Å². The molecular formula is C16H29N3O4. The highest BCUT2D eigenvalue weighted by atomic mass is 16.6. The highest BCUT2D eigenvalue weighted by Crippen LogP contribution is 2.35. The van der Waals surface area contributed by atoms with Crippen molar-refractivity contribution in [3.8, 4) is 0 Å². The maximum atomic E-state index is 12.2. The number of likely N-dealkylation sites (tertiary alicyclic amines) is 1. The van der Waals surface area contributed by atoms with E-state index in [1.165, 1.54) is 0 Å². The zero-order valence-electron chi connectivity index (χ0n) is 14.8. The van der Waals surface area contributed by atoms with Gasteiger partial charge in [-0.15, -0.1) is 0 Å². The van der Waals surface area contributed by atoms with Gasteiger partial charge in [0.05, 0.1) is 12.0 Å². The zero-order chi connectivity index (χ0) is 17.4. The van der Waals surface area contributed by atoms with E-state index in [9.17, 15) is 14.7 Å². The minimum absolute atomic E-state index is 0.0559. The summed E-state index contributed by atoms with van der Waals surface area (Å²) >= 11 is 0. The van der Waals surface area contributed by atoms with Crippen molar-refractivity contribution < 1.29 is 19.4 Å². The van der Waals surface area contributed by atoms with Gasteiger partial charge in [-0.3, -0.25) is 9.69 Å². The number of carbonyl (C=O) groups excluding carboxylic acids is 1. The third-order valence-electron chi connectivity index (χ3n) is 4.54. The van der Waals surface area contributed by atoms with Gasteiger partial charge >= 0.3 is 12.1 Å². The molecule has 2 aliphatic heterocycles. The minimum Gasteiger partial charge on any atom is -0.481 e. The number of aliphatic carboxylic acids is 1. The van der Waals surface area contributed by atoms with Crippen molar-refractivity contribution in [3.05, 3.63) is 0 Å². The maximum Gasteiger partial charge on any atom is 0.410 e. The van der Waals surface area contributed by atoms with E-state index in [0.717, 1.165) is 19.6 Å². The van der Waals surface area contributed by atoms with E-state index in [-0.39, 0.29) is 18.6 Å². The van der Waals surface area contributed by atoms with E-state index < -0.39 is 17.1 Å². The third kappa shape index (κ3) is 4.14. The number of piperazine rings is 1. The van der Waals surface area contributed by atoms with Crippen LogP contribution in [0.3, 0.4) is 0 Å². The van der Waals surface area contributed by atoms with Crippen LogP contribution < -0.4 is 0 Å². The summed E-state index contributed by atoms with van der Waals surface area (Å²) in [6.07, 6.45) is -0.305. The third-order valence-corrected chi connectivity index (χ3v) is 4.54. The Morgan fingerprint density at radius 1 is 1.26 bits per heavy atom. The van der Waals surface area contributed by atoms with Gasteiger partial charge < -0.3 is 19.6 Å². The predicted molar refractivity (Wildman–Crippen MR) is 86.5 cm³/mol. The summed E-state index contributed by atoms with van der Waals surface area (Å²) in [5.74, 6) is -0.819. The van der Waals surface area contributed by atoms with Gasteiger partial charge in [-0.2, -0.15) is 0 Å². The monoisotopic (exact) mass is 327 g/mol. The molecule has 1 atom stereocenters. The molecule has 1 unspecified atom stereocenters. The normalized spacial score (nSPS) is 25.8. The van der Waals surface area contributed by atoms with Gasteiger partial charge in [-0.25, -0.2) is 4.79 Å². The molecule has 7 nitrogen and oxygen atoms in total. The Morgan fingerprint density at radius 3 is 2.35 bits per heavy atom. The van der Waals surface area contributed by atoms with Crippen molar-refractivity contribution in [1.29, 1.82) is 0 Å². The smallest absolute Gasteiger partial charge is 0.410 e. The van der Waals surface area contributed by atoms with E-state index in [2.05, 4.69) is 23.8 Å². The molecule has 132 valence electrons. The average Bonchev–Trinajstić information content (AvgIpc) is 2.30. The summed E-state index contributed by atoms with van der Waals surface area (Å²) in [7, 11) is 2.07. The fourth-order valence-electron chi connectivity index (χ4n) is 3.64. The highest BCUT2D eigenvalue weighted by Gasteiger charge is 2.53. The number of likely N-dealkylation sites (N-methyl/N-ethyl adjacent to an activating group) is 1. The Kier molecular flexibility index (Phi) is 4.92. The Balaban J connectivity index is 2.06. The molecule has 1 N–H and O–H groups in total. The Morgan fingerprint density at radius 2 is 1.87 bits per heavy atom. The largest absolute Gasteiger partial charge is 0.481 e. The standard InChI is InChI=1S/C16H29N3O4/c1-12-9-17(5)6-7-19(12)16(8-13(20)21)10-18(11-16)14(22)23-15(2,3)4/h12H,6-11H2,1-5H3,(H,20,21). The molecule has 0 bridgehead atoms. The van der Waals surface area contributed by atoms with E-state index in [1.54, 1.807) is 4.90 Å². The van der Waals surface area contributed by atoms with Gasteiger partial charge in [-0.1, -0.05) is 0 Å². The van der Waals surface area contributed by atoms with E-state index in [0.29, 0.717) is 13.1 Å². The Hall–Kier alpha value is -1.34. The molecule has 1 amide bonds. The quantitative estimate of drug-likeness (QED) is 0.836. The van der Waals surface area contributed by atoms with Crippen LogP contribution in [0.5, 0.6) is 0 Å². The second-order valence-corrected chi connectivity index (χ2v) is 7.94. The fourth-order valence-corrected chi connectivity index (χ4v) is 3.64. The van der Waals surface area contributed by atoms with Crippen molar-refractivity contribution >= 4 is 12.1 Å². The topological polar surface area (TPSA) is 73.3 Å². The number of carbonyl (C=O) groups is 2. The molecule has 2 heterocycles. The number of rotatable bonds is 3. The number of nitrogens with zero attached hydrogens (tertiary/aromatic N) is 3. The second kappa shape index (κ2) is 6.28. The van der Waals surface area contributed by atoms with Crippen LogP contribution in [0.4, 0.5) is 4.79 Å². The van der Waals surface area contributed by atoms with Crippen molar-refractivity contribution in [2.75, 3.05) is 39.8 Å². The summed E-state index contributed by atoms with van der Waals surface area (Å²) in [5, 5.41) is 9.32.